The van der Waals surface area contributed by atoms with Gasteiger partial charge >= 0.3 is 6.18 Å². The van der Waals surface area contributed by atoms with Crippen LogP contribution in [-0.2, 0) is 6.18 Å². The Morgan fingerprint density at radius 2 is 1.69 bits per heavy atom. The number of hydrogen-bond donors (Lipinski definition) is 3. The molecule has 2 amide bonds. The maximum Gasteiger partial charge on any atom is 0.417 e. The Morgan fingerprint density at radius 3 is 2.37 bits per heavy atom. The molecule has 0 saturated heterocycles. The van der Waals surface area contributed by atoms with Gasteiger partial charge in [-0.2, -0.15) is 13.2 Å². The molecule has 6 nitrogen and oxygen atoms in total. The van der Waals surface area contributed by atoms with Gasteiger partial charge in [-0.05, 0) is 49.2 Å². The molecule has 3 aromatic carbocycles. The molecule has 0 aliphatic heterocycles. The van der Waals surface area contributed by atoms with Gasteiger partial charge in [0.1, 0.15) is 5.75 Å². The highest BCUT2D eigenvalue weighted by molar-refractivity contribution is 6.31. The Kier molecular flexibility index (Phi) is 7.91. The van der Waals surface area contributed by atoms with Crippen LogP contribution in [0.25, 0.3) is 0 Å². The maximum absolute atomic E-state index is 13.4. The van der Waals surface area contributed by atoms with Crippen LogP contribution < -0.4 is 21.1 Å². The number of nitrogens with two attached hydrogens (primary N) is 1. The number of anilines is 3. The topological polar surface area (TPSA) is 93.4 Å². The second-order valence-electron chi connectivity index (χ2n) is 7.65. The molecule has 3 rings (SSSR count). The average Bonchev–Trinajstić information content (AvgIpc) is 2.81. The number of alkyl halides is 3. The monoisotopic (exact) mass is 505 g/mol. The van der Waals surface area contributed by atoms with Crippen LogP contribution >= 0.6 is 11.6 Å². The molecule has 0 atom stereocenters. The summed E-state index contributed by atoms with van der Waals surface area (Å²) < 4.78 is 45.7. The SMILES string of the molecule is CCCOc1cc(NC(=O)c2ccccc2C(F)(F)F)cc(C(=O)Nc2cccc(Cl)c2C)c1N. The van der Waals surface area contributed by atoms with E-state index >= 15 is 0 Å². The van der Waals surface area contributed by atoms with Crippen LogP contribution in [0.1, 0.15) is 45.2 Å². The molecule has 0 spiro atoms. The van der Waals surface area contributed by atoms with Crippen LogP contribution in [0.3, 0.4) is 0 Å². The van der Waals surface area contributed by atoms with E-state index in [0.717, 1.165) is 12.1 Å². The summed E-state index contributed by atoms with van der Waals surface area (Å²) >= 11 is 6.12. The molecule has 35 heavy (non-hydrogen) atoms. The molecule has 3 aromatic rings. The van der Waals surface area contributed by atoms with Crippen molar-refractivity contribution in [3.8, 4) is 5.75 Å². The van der Waals surface area contributed by atoms with Crippen molar-refractivity contribution in [2.24, 2.45) is 0 Å². The van der Waals surface area contributed by atoms with Gasteiger partial charge in [-0.15, -0.1) is 0 Å². The van der Waals surface area contributed by atoms with Crippen LogP contribution in [-0.4, -0.2) is 18.4 Å². The fraction of sp³-hybridized carbons (Fsp3) is 0.200. The molecule has 4 N–H and O–H groups in total. The fourth-order valence-corrected chi connectivity index (χ4v) is 3.45. The minimum absolute atomic E-state index is 0.0179. The highest BCUT2D eigenvalue weighted by Gasteiger charge is 2.35. The van der Waals surface area contributed by atoms with Crippen molar-refractivity contribution in [1.82, 2.24) is 0 Å². The summed E-state index contributed by atoms with van der Waals surface area (Å²) in [6.07, 6.45) is -4.08. The Bertz CT molecular complexity index is 1260. The standard InChI is InChI=1S/C25H23ClF3N3O3/c1-3-11-35-21-13-15(31-23(33)16-7-4-5-8-18(16)25(27,28)29)12-17(22(21)30)24(34)32-20-10-6-9-19(26)14(20)2/h4-10,12-13H,3,11,30H2,1-2H3,(H,31,33)(H,32,34). The quantitative estimate of drug-likeness (QED) is 0.318. The van der Waals surface area contributed by atoms with Crippen LogP contribution in [0.15, 0.2) is 54.6 Å². The first-order chi connectivity index (χ1) is 16.5. The van der Waals surface area contributed by atoms with Gasteiger partial charge in [0.05, 0.1) is 29.0 Å². The van der Waals surface area contributed by atoms with Crippen LogP contribution in [0.5, 0.6) is 5.75 Å². The molecule has 184 valence electrons. The Hall–Kier alpha value is -3.72. The number of carbonyl (C=O) groups is 2. The minimum atomic E-state index is -4.72. The van der Waals surface area contributed by atoms with E-state index in [1.807, 2.05) is 6.92 Å². The number of hydrogen-bond acceptors (Lipinski definition) is 4. The normalized spacial score (nSPS) is 11.1. The zero-order valence-corrected chi connectivity index (χ0v) is 19.7. The molecule has 0 heterocycles. The van der Waals surface area contributed by atoms with E-state index in [9.17, 15) is 22.8 Å². The number of rotatable bonds is 7. The van der Waals surface area contributed by atoms with Gasteiger partial charge in [-0.3, -0.25) is 9.59 Å². The summed E-state index contributed by atoms with van der Waals surface area (Å²) in [5.74, 6) is -1.50. The summed E-state index contributed by atoms with van der Waals surface area (Å²) in [6.45, 7) is 3.87. The van der Waals surface area contributed by atoms with Crippen molar-refractivity contribution in [3.05, 3.63) is 81.9 Å². The summed E-state index contributed by atoms with van der Waals surface area (Å²) in [7, 11) is 0. The van der Waals surface area contributed by atoms with Gasteiger partial charge in [-0.1, -0.05) is 36.7 Å². The second kappa shape index (κ2) is 10.7. The summed E-state index contributed by atoms with van der Waals surface area (Å²) in [5, 5.41) is 5.58. The molecule has 0 fully saturated rings. The number of ether oxygens (including phenoxy) is 1. The molecule has 0 unspecified atom stereocenters. The number of halogens is 4. The third-order valence-corrected chi connectivity index (χ3v) is 5.51. The summed E-state index contributed by atoms with van der Waals surface area (Å²) in [5.41, 5.74) is 5.64. The predicted molar refractivity (Wildman–Crippen MR) is 130 cm³/mol. The molecular formula is C25H23ClF3N3O3. The minimum Gasteiger partial charge on any atom is -0.491 e. The Balaban J connectivity index is 1.98. The number of carbonyl (C=O) groups excluding carboxylic acids is 2. The van der Waals surface area contributed by atoms with E-state index in [1.54, 1.807) is 25.1 Å². The lowest BCUT2D eigenvalue weighted by Crippen LogP contribution is -2.20. The number of benzene rings is 3. The van der Waals surface area contributed by atoms with Gasteiger partial charge in [0.25, 0.3) is 11.8 Å². The average molecular weight is 506 g/mol. The van der Waals surface area contributed by atoms with Crippen LogP contribution in [0, 0.1) is 6.92 Å². The number of amides is 2. The lowest BCUT2D eigenvalue weighted by Gasteiger charge is -2.17. The first-order valence-corrected chi connectivity index (χ1v) is 11.0. The molecule has 0 saturated carbocycles. The van der Waals surface area contributed by atoms with Gasteiger partial charge in [0, 0.05) is 22.5 Å². The van der Waals surface area contributed by atoms with E-state index in [4.69, 9.17) is 22.1 Å². The lowest BCUT2D eigenvalue weighted by atomic mass is 10.1. The van der Waals surface area contributed by atoms with E-state index in [0.29, 0.717) is 22.7 Å². The van der Waals surface area contributed by atoms with Crippen molar-refractivity contribution in [1.29, 1.82) is 0 Å². The number of nitrogen functional groups attached to an aromatic ring is 1. The van der Waals surface area contributed by atoms with Crippen molar-refractivity contribution in [3.63, 3.8) is 0 Å². The van der Waals surface area contributed by atoms with E-state index < -0.39 is 29.1 Å². The molecule has 0 radical (unpaired) electrons. The lowest BCUT2D eigenvalue weighted by molar-refractivity contribution is -0.137. The molecule has 0 aliphatic carbocycles. The second-order valence-corrected chi connectivity index (χ2v) is 8.06. The maximum atomic E-state index is 13.4. The van der Waals surface area contributed by atoms with E-state index in [1.165, 1.54) is 24.3 Å². The molecular weight excluding hydrogens is 483 g/mol. The van der Waals surface area contributed by atoms with Crippen LogP contribution in [0.4, 0.5) is 30.2 Å². The highest BCUT2D eigenvalue weighted by atomic mass is 35.5. The van der Waals surface area contributed by atoms with Gasteiger partial charge < -0.3 is 21.1 Å². The smallest absolute Gasteiger partial charge is 0.417 e. The molecule has 10 heteroatoms. The zero-order valence-electron chi connectivity index (χ0n) is 18.9. The fourth-order valence-electron chi connectivity index (χ4n) is 3.28. The summed E-state index contributed by atoms with van der Waals surface area (Å²) in [6, 6.07) is 12.0. The first kappa shape index (κ1) is 25.9. The predicted octanol–water partition coefficient (Wildman–Crippen LogP) is 6.54. The highest BCUT2D eigenvalue weighted by Crippen LogP contribution is 2.34. The molecule has 0 aliphatic rings. The third kappa shape index (κ3) is 6.05. The van der Waals surface area contributed by atoms with Crippen molar-refractivity contribution >= 4 is 40.5 Å². The molecule has 0 bridgehead atoms. The molecule has 0 aromatic heterocycles. The number of nitrogens with one attached hydrogen (secondary N) is 2. The Morgan fingerprint density at radius 1 is 1.00 bits per heavy atom. The third-order valence-electron chi connectivity index (χ3n) is 5.10. The van der Waals surface area contributed by atoms with Crippen molar-refractivity contribution in [2.45, 2.75) is 26.4 Å². The van der Waals surface area contributed by atoms with Crippen molar-refractivity contribution in [2.75, 3.05) is 23.0 Å². The van der Waals surface area contributed by atoms with Crippen molar-refractivity contribution < 1.29 is 27.5 Å². The van der Waals surface area contributed by atoms with Crippen LogP contribution in [0.2, 0.25) is 5.02 Å². The largest absolute Gasteiger partial charge is 0.491 e. The first-order valence-electron chi connectivity index (χ1n) is 10.6. The summed E-state index contributed by atoms with van der Waals surface area (Å²) in [4.78, 5) is 25.8. The van der Waals surface area contributed by atoms with Gasteiger partial charge in [0.15, 0.2) is 0 Å². The van der Waals surface area contributed by atoms with Gasteiger partial charge in [0.2, 0.25) is 0 Å². The van der Waals surface area contributed by atoms with E-state index in [-0.39, 0.29) is 29.3 Å². The van der Waals surface area contributed by atoms with Gasteiger partial charge in [-0.25, -0.2) is 0 Å². The van der Waals surface area contributed by atoms with E-state index in [2.05, 4.69) is 10.6 Å². The Labute approximate surface area is 205 Å². The zero-order chi connectivity index (χ0) is 25.8.